The third kappa shape index (κ3) is 10.7. The number of rotatable bonds is 1. The summed E-state index contributed by atoms with van der Waals surface area (Å²) in [4.78, 5) is 0. The fraction of sp³-hybridized carbons (Fsp3) is 0.667. The Morgan fingerprint density at radius 3 is 1.71 bits per heavy atom. The van der Waals surface area contributed by atoms with Gasteiger partial charge in [-0.2, -0.15) is 0 Å². The Hall–Kier alpha value is -0.300. The van der Waals surface area contributed by atoms with Crippen molar-refractivity contribution in [2.24, 2.45) is 0 Å². The zero-order valence-electron chi connectivity index (χ0n) is 4.23. The van der Waals surface area contributed by atoms with Crippen LogP contribution >= 0.6 is 0 Å². The van der Waals surface area contributed by atoms with Gasteiger partial charge in [-0.15, -0.1) is 6.58 Å². The van der Waals surface area contributed by atoms with Crippen LogP contribution in [0.4, 0.5) is 0 Å². The van der Waals surface area contributed by atoms with Crippen LogP contribution in [-0.2, 0) is 0 Å². The molecule has 1 N–H and O–H groups in total. The van der Waals surface area contributed by atoms with Crippen LogP contribution in [0.15, 0.2) is 12.7 Å². The van der Waals surface area contributed by atoms with Crippen LogP contribution in [-0.4, -0.2) is 10.7 Å². The highest BCUT2D eigenvalue weighted by molar-refractivity contribution is 4.86. The summed E-state index contributed by atoms with van der Waals surface area (Å²) < 4.78 is 0. The second-order valence-corrected chi connectivity index (χ2v) is 1.86. The molecule has 0 aromatic heterocycles. The lowest BCUT2D eigenvalue weighted by Crippen LogP contribution is -2.12. The predicted molar refractivity (Wildman–Crippen MR) is 33.2 cm³/mol. The van der Waals surface area contributed by atoms with E-state index < -0.39 is 5.60 Å². The number of hydrogen-bond donors (Lipinski definition) is 1. The molecule has 0 fully saturated rings. The maximum Gasteiger partial charge on any atom is 0.0769 e. The van der Waals surface area contributed by atoms with E-state index in [1.165, 1.54) is 6.08 Å². The van der Waals surface area contributed by atoms with Crippen molar-refractivity contribution in [2.75, 3.05) is 0 Å². The molecule has 0 aliphatic rings. The SMILES string of the molecule is C.C=CC(C)(C)O. The topological polar surface area (TPSA) is 20.2 Å². The van der Waals surface area contributed by atoms with E-state index in [1.54, 1.807) is 13.8 Å². The van der Waals surface area contributed by atoms with E-state index in [1.807, 2.05) is 0 Å². The van der Waals surface area contributed by atoms with Crippen molar-refractivity contribution in [1.82, 2.24) is 0 Å². The first-order chi connectivity index (χ1) is 2.56. The standard InChI is InChI=1S/C5H10O.CH4/c1-4-5(2,3)6;/h4,6H,1H2,2-3H3;1H4. The van der Waals surface area contributed by atoms with Crippen LogP contribution < -0.4 is 0 Å². The number of aliphatic hydroxyl groups is 1. The van der Waals surface area contributed by atoms with Gasteiger partial charge in [0, 0.05) is 0 Å². The minimum absolute atomic E-state index is 0. The van der Waals surface area contributed by atoms with Gasteiger partial charge in [0.1, 0.15) is 0 Å². The summed E-state index contributed by atoms with van der Waals surface area (Å²) in [6, 6.07) is 0. The summed E-state index contributed by atoms with van der Waals surface area (Å²) in [7, 11) is 0. The fourth-order valence-corrected chi connectivity index (χ4v) is 0. The summed E-state index contributed by atoms with van der Waals surface area (Å²) in [6.45, 7) is 6.74. The molecule has 0 unspecified atom stereocenters. The van der Waals surface area contributed by atoms with Crippen molar-refractivity contribution in [3.8, 4) is 0 Å². The van der Waals surface area contributed by atoms with E-state index in [0.29, 0.717) is 0 Å². The van der Waals surface area contributed by atoms with Crippen LogP contribution in [0.25, 0.3) is 0 Å². The zero-order valence-corrected chi connectivity index (χ0v) is 4.23. The molecule has 0 saturated heterocycles. The molecule has 0 spiro atoms. The monoisotopic (exact) mass is 102 g/mol. The summed E-state index contributed by atoms with van der Waals surface area (Å²) >= 11 is 0. The van der Waals surface area contributed by atoms with Crippen LogP contribution in [0.1, 0.15) is 21.3 Å². The molecule has 0 rings (SSSR count). The molecule has 0 aromatic rings. The highest BCUT2D eigenvalue weighted by Gasteiger charge is 2.02. The highest BCUT2D eigenvalue weighted by atomic mass is 16.3. The van der Waals surface area contributed by atoms with Crippen LogP contribution in [0.2, 0.25) is 0 Å². The Bertz CT molecular complexity index is 49.7. The summed E-state index contributed by atoms with van der Waals surface area (Å²) in [6.07, 6.45) is 1.49. The maximum absolute atomic E-state index is 8.71. The lowest BCUT2D eigenvalue weighted by Gasteiger charge is -2.07. The Labute approximate surface area is 45.7 Å². The lowest BCUT2D eigenvalue weighted by molar-refractivity contribution is 0.133. The van der Waals surface area contributed by atoms with Crippen molar-refractivity contribution in [2.45, 2.75) is 26.9 Å². The summed E-state index contributed by atoms with van der Waals surface area (Å²) in [5.41, 5.74) is -0.694. The van der Waals surface area contributed by atoms with Crippen LogP contribution in [0.3, 0.4) is 0 Å². The van der Waals surface area contributed by atoms with E-state index in [0.717, 1.165) is 0 Å². The van der Waals surface area contributed by atoms with E-state index in [9.17, 15) is 0 Å². The number of hydrogen-bond acceptors (Lipinski definition) is 1. The molecular weight excluding hydrogens is 88.1 g/mol. The predicted octanol–water partition coefficient (Wildman–Crippen LogP) is 1.58. The fourth-order valence-electron chi connectivity index (χ4n) is 0. The first-order valence-corrected chi connectivity index (χ1v) is 1.92. The molecule has 0 radical (unpaired) electrons. The van der Waals surface area contributed by atoms with Gasteiger partial charge < -0.3 is 5.11 Å². The van der Waals surface area contributed by atoms with Gasteiger partial charge in [-0.25, -0.2) is 0 Å². The zero-order chi connectivity index (χ0) is 5.21. The van der Waals surface area contributed by atoms with Crippen molar-refractivity contribution in [3.63, 3.8) is 0 Å². The van der Waals surface area contributed by atoms with Gasteiger partial charge in [-0.1, -0.05) is 13.5 Å². The molecule has 0 heterocycles. The molecule has 0 bridgehead atoms. The third-order valence-corrected chi connectivity index (χ3v) is 0.500. The second kappa shape index (κ2) is 2.80. The van der Waals surface area contributed by atoms with E-state index in [-0.39, 0.29) is 7.43 Å². The average Bonchev–Trinajstić information content (AvgIpc) is 1.35. The Morgan fingerprint density at radius 2 is 1.71 bits per heavy atom. The van der Waals surface area contributed by atoms with E-state index in [4.69, 9.17) is 5.11 Å². The average molecular weight is 102 g/mol. The van der Waals surface area contributed by atoms with Crippen molar-refractivity contribution in [1.29, 1.82) is 0 Å². The summed E-state index contributed by atoms with van der Waals surface area (Å²) in [5.74, 6) is 0. The first-order valence-electron chi connectivity index (χ1n) is 1.92. The van der Waals surface area contributed by atoms with Crippen LogP contribution in [0, 0.1) is 0 Å². The molecule has 0 amide bonds. The molecule has 1 heteroatoms. The molecule has 0 aromatic carbocycles. The first kappa shape index (κ1) is 9.85. The molecule has 0 saturated carbocycles. The molecule has 1 nitrogen and oxygen atoms in total. The molecule has 0 atom stereocenters. The van der Waals surface area contributed by atoms with Gasteiger partial charge in [0.15, 0.2) is 0 Å². The van der Waals surface area contributed by atoms with E-state index >= 15 is 0 Å². The summed E-state index contributed by atoms with van der Waals surface area (Å²) in [5, 5.41) is 8.71. The van der Waals surface area contributed by atoms with Crippen molar-refractivity contribution < 1.29 is 5.11 Å². The van der Waals surface area contributed by atoms with Gasteiger partial charge in [0.05, 0.1) is 5.60 Å². The molecular formula is C6H14O. The van der Waals surface area contributed by atoms with Crippen LogP contribution in [0.5, 0.6) is 0 Å². The molecule has 44 valence electrons. The van der Waals surface area contributed by atoms with Gasteiger partial charge in [-0.05, 0) is 13.8 Å². The normalized spacial score (nSPS) is 9.57. The molecule has 7 heavy (non-hydrogen) atoms. The highest BCUT2D eigenvalue weighted by Crippen LogP contribution is 1.98. The van der Waals surface area contributed by atoms with Gasteiger partial charge >= 0.3 is 0 Å². The molecule has 0 aliphatic carbocycles. The lowest BCUT2D eigenvalue weighted by atomic mass is 10.1. The smallest absolute Gasteiger partial charge is 0.0769 e. The van der Waals surface area contributed by atoms with Crippen molar-refractivity contribution >= 4 is 0 Å². The Balaban J connectivity index is 0. The minimum atomic E-state index is -0.694. The van der Waals surface area contributed by atoms with Gasteiger partial charge in [0.25, 0.3) is 0 Å². The van der Waals surface area contributed by atoms with E-state index in [2.05, 4.69) is 6.58 Å². The molecule has 0 aliphatic heterocycles. The van der Waals surface area contributed by atoms with Gasteiger partial charge in [-0.3, -0.25) is 0 Å². The Morgan fingerprint density at radius 1 is 1.57 bits per heavy atom. The largest absolute Gasteiger partial charge is 0.386 e. The Kier molecular flexibility index (Phi) is 3.95. The maximum atomic E-state index is 8.71. The minimum Gasteiger partial charge on any atom is -0.386 e. The quantitative estimate of drug-likeness (QED) is 0.498. The second-order valence-electron chi connectivity index (χ2n) is 1.86. The van der Waals surface area contributed by atoms with Crippen molar-refractivity contribution in [3.05, 3.63) is 12.7 Å². The van der Waals surface area contributed by atoms with Gasteiger partial charge in [0.2, 0.25) is 0 Å². The third-order valence-electron chi connectivity index (χ3n) is 0.500.